The maximum Gasteiger partial charge on any atom is 0.223 e. The minimum absolute atomic E-state index is 0.163. The van der Waals surface area contributed by atoms with Crippen LogP contribution in [-0.4, -0.2) is 23.2 Å². The SMILES string of the molecule is C[C@@H]1CC(NC(=O)C2CC2)CCC1O. The number of aliphatic hydroxyl groups excluding tert-OH is 1. The Morgan fingerprint density at radius 2 is 2.00 bits per heavy atom. The Morgan fingerprint density at radius 3 is 2.57 bits per heavy atom. The minimum Gasteiger partial charge on any atom is -0.393 e. The molecule has 2 unspecified atom stereocenters. The van der Waals surface area contributed by atoms with Gasteiger partial charge in [0, 0.05) is 12.0 Å². The summed E-state index contributed by atoms with van der Waals surface area (Å²) in [4.78, 5) is 11.5. The summed E-state index contributed by atoms with van der Waals surface area (Å²) in [7, 11) is 0. The first-order valence-corrected chi connectivity index (χ1v) is 5.65. The average Bonchev–Trinajstić information content (AvgIpc) is 2.94. The van der Waals surface area contributed by atoms with Gasteiger partial charge in [0.1, 0.15) is 0 Å². The number of hydrogen-bond donors (Lipinski definition) is 2. The molecule has 0 radical (unpaired) electrons. The molecule has 0 heterocycles. The molecule has 0 aromatic heterocycles. The van der Waals surface area contributed by atoms with Gasteiger partial charge in [0.15, 0.2) is 0 Å². The van der Waals surface area contributed by atoms with Crippen molar-refractivity contribution in [2.45, 2.75) is 51.2 Å². The molecule has 2 aliphatic carbocycles. The van der Waals surface area contributed by atoms with Crippen molar-refractivity contribution in [3.05, 3.63) is 0 Å². The summed E-state index contributed by atoms with van der Waals surface area (Å²) in [5.74, 6) is 0.865. The predicted octanol–water partition coefficient (Wildman–Crippen LogP) is 1.06. The lowest BCUT2D eigenvalue weighted by Gasteiger charge is -2.31. The lowest BCUT2D eigenvalue weighted by Crippen LogP contribution is -2.42. The Kier molecular flexibility index (Phi) is 2.77. The highest BCUT2D eigenvalue weighted by atomic mass is 16.3. The molecule has 0 spiro atoms. The fraction of sp³-hybridized carbons (Fsp3) is 0.909. The second-order valence-corrected chi connectivity index (χ2v) is 4.84. The van der Waals surface area contributed by atoms with E-state index in [9.17, 15) is 9.90 Å². The topological polar surface area (TPSA) is 49.3 Å². The standard InChI is InChI=1S/C11H19NO2/c1-7-6-9(4-5-10(7)13)12-11(14)8-2-3-8/h7-10,13H,2-6H2,1H3,(H,12,14)/t7-,9?,10?/m1/s1. The molecule has 3 atom stereocenters. The van der Waals surface area contributed by atoms with Gasteiger partial charge in [-0.25, -0.2) is 0 Å². The molecule has 3 heteroatoms. The summed E-state index contributed by atoms with van der Waals surface area (Å²) in [6.45, 7) is 2.06. The van der Waals surface area contributed by atoms with Crippen molar-refractivity contribution in [1.29, 1.82) is 0 Å². The van der Waals surface area contributed by atoms with Crippen molar-refractivity contribution in [2.75, 3.05) is 0 Å². The van der Waals surface area contributed by atoms with Gasteiger partial charge in [-0.2, -0.15) is 0 Å². The molecule has 0 bridgehead atoms. The molecule has 2 fully saturated rings. The largest absolute Gasteiger partial charge is 0.393 e. The number of carbonyl (C=O) groups excluding carboxylic acids is 1. The van der Waals surface area contributed by atoms with Crippen LogP contribution in [0.15, 0.2) is 0 Å². The summed E-state index contributed by atoms with van der Waals surface area (Å²) in [6, 6.07) is 0.307. The van der Waals surface area contributed by atoms with E-state index in [1.807, 2.05) is 0 Å². The van der Waals surface area contributed by atoms with E-state index in [0.29, 0.717) is 17.9 Å². The van der Waals surface area contributed by atoms with Crippen LogP contribution in [-0.2, 0) is 4.79 Å². The fourth-order valence-corrected chi connectivity index (χ4v) is 2.18. The van der Waals surface area contributed by atoms with Gasteiger partial charge < -0.3 is 10.4 Å². The molecule has 0 saturated heterocycles. The lowest BCUT2D eigenvalue weighted by atomic mass is 9.84. The fourth-order valence-electron chi connectivity index (χ4n) is 2.18. The first-order valence-electron chi connectivity index (χ1n) is 5.65. The highest BCUT2D eigenvalue weighted by Gasteiger charge is 2.33. The third kappa shape index (κ3) is 2.27. The molecule has 0 aromatic rings. The number of rotatable bonds is 2. The first-order chi connectivity index (χ1) is 6.66. The minimum atomic E-state index is -0.163. The Morgan fingerprint density at radius 1 is 1.29 bits per heavy atom. The van der Waals surface area contributed by atoms with Gasteiger partial charge in [-0.05, 0) is 38.0 Å². The number of amides is 1. The first kappa shape index (κ1) is 9.97. The van der Waals surface area contributed by atoms with Crippen molar-refractivity contribution in [1.82, 2.24) is 5.32 Å². The normalized spacial score (nSPS) is 38.0. The van der Waals surface area contributed by atoms with Crippen LogP contribution in [0.3, 0.4) is 0 Å². The molecule has 2 rings (SSSR count). The highest BCUT2D eigenvalue weighted by Crippen LogP contribution is 2.30. The van der Waals surface area contributed by atoms with Crippen LogP contribution in [0, 0.1) is 11.8 Å². The van der Waals surface area contributed by atoms with E-state index >= 15 is 0 Å². The van der Waals surface area contributed by atoms with Crippen LogP contribution in [0.1, 0.15) is 39.0 Å². The summed E-state index contributed by atoms with van der Waals surface area (Å²) >= 11 is 0. The van der Waals surface area contributed by atoms with Crippen molar-refractivity contribution in [3.63, 3.8) is 0 Å². The van der Waals surface area contributed by atoms with Crippen LogP contribution < -0.4 is 5.32 Å². The molecule has 14 heavy (non-hydrogen) atoms. The second-order valence-electron chi connectivity index (χ2n) is 4.84. The van der Waals surface area contributed by atoms with E-state index in [0.717, 1.165) is 32.1 Å². The van der Waals surface area contributed by atoms with Crippen LogP contribution in [0.4, 0.5) is 0 Å². The van der Waals surface area contributed by atoms with E-state index < -0.39 is 0 Å². The molecule has 2 saturated carbocycles. The monoisotopic (exact) mass is 197 g/mol. The average molecular weight is 197 g/mol. The van der Waals surface area contributed by atoms with Gasteiger partial charge in [-0.15, -0.1) is 0 Å². The van der Waals surface area contributed by atoms with Gasteiger partial charge in [-0.1, -0.05) is 6.92 Å². The molecule has 3 nitrogen and oxygen atoms in total. The summed E-state index contributed by atoms with van der Waals surface area (Å²) in [6.07, 6.45) is 4.66. The summed E-state index contributed by atoms with van der Waals surface area (Å²) in [5.41, 5.74) is 0. The zero-order valence-corrected chi connectivity index (χ0v) is 8.70. The van der Waals surface area contributed by atoms with Crippen LogP contribution in [0.2, 0.25) is 0 Å². The quantitative estimate of drug-likeness (QED) is 0.695. The highest BCUT2D eigenvalue weighted by molar-refractivity contribution is 5.81. The van der Waals surface area contributed by atoms with Crippen molar-refractivity contribution in [2.24, 2.45) is 11.8 Å². The third-order valence-corrected chi connectivity index (χ3v) is 3.42. The van der Waals surface area contributed by atoms with Gasteiger partial charge in [0.2, 0.25) is 5.91 Å². The van der Waals surface area contributed by atoms with Crippen LogP contribution >= 0.6 is 0 Å². The Labute approximate surface area is 84.9 Å². The van der Waals surface area contributed by atoms with Crippen molar-refractivity contribution < 1.29 is 9.90 Å². The van der Waals surface area contributed by atoms with E-state index in [1.54, 1.807) is 0 Å². The molecular weight excluding hydrogens is 178 g/mol. The van der Waals surface area contributed by atoms with Gasteiger partial charge in [-0.3, -0.25) is 4.79 Å². The number of aliphatic hydroxyl groups is 1. The number of nitrogens with one attached hydrogen (secondary N) is 1. The van der Waals surface area contributed by atoms with E-state index in [1.165, 1.54) is 0 Å². The summed E-state index contributed by atoms with van der Waals surface area (Å²) in [5, 5.41) is 12.6. The molecule has 80 valence electrons. The van der Waals surface area contributed by atoms with E-state index in [4.69, 9.17) is 0 Å². The zero-order valence-electron chi connectivity index (χ0n) is 8.70. The van der Waals surface area contributed by atoms with Gasteiger partial charge in [0.05, 0.1) is 6.10 Å². The predicted molar refractivity (Wildman–Crippen MR) is 53.7 cm³/mol. The van der Waals surface area contributed by atoms with E-state index in [-0.39, 0.29) is 12.0 Å². The Bertz CT molecular complexity index is 225. The van der Waals surface area contributed by atoms with Gasteiger partial charge in [0.25, 0.3) is 0 Å². The lowest BCUT2D eigenvalue weighted by molar-refractivity contribution is -0.123. The number of carbonyl (C=O) groups is 1. The maximum absolute atomic E-state index is 11.5. The molecular formula is C11H19NO2. The van der Waals surface area contributed by atoms with Crippen LogP contribution in [0.5, 0.6) is 0 Å². The Balaban J connectivity index is 1.78. The smallest absolute Gasteiger partial charge is 0.223 e. The molecule has 2 N–H and O–H groups in total. The second kappa shape index (κ2) is 3.89. The van der Waals surface area contributed by atoms with Gasteiger partial charge >= 0.3 is 0 Å². The maximum atomic E-state index is 11.5. The zero-order chi connectivity index (χ0) is 10.1. The van der Waals surface area contributed by atoms with Crippen molar-refractivity contribution in [3.8, 4) is 0 Å². The third-order valence-electron chi connectivity index (χ3n) is 3.42. The molecule has 0 aromatic carbocycles. The van der Waals surface area contributed by atoms with E-state index in [2.05, 4.69) is 12.2 Å². The number of hydrogen-bond acceptors (Lipinski definition) is 2. The summed E-state index contributed by atoms with van der Waals surface area (Å²) < 4.78 is 0. The van der Waals surface area contributed by atoms with Crippen molar-refractivity contribution >= 4 is 5.91 Å². The van der Waals surface area contributed by atoms with Crippen LogP contribution in [0.25, 0.3) is 0 Å². The molecule has 2 aliphatic rings. The molecule has 1 amide bonds. The Hall–Kier alpha value is -0.570. The molecule has 0 aliphatic heterocycles.